The van der Waals surface area contributed by atoms with E-state index in [9.17, 15) is 0 Å². The van der Waals surface area contributed by atoms with E-state index in [4.69, 9.17) is 4.74 Å². The van der Waals surface area contributed by atoms with Gasteiger partial charge in [0, 0.05) is 13.6 Å². The molecule has 1 N–H and O–H groups in total. The van der Waals surface area contributed by atoms with Crippen LogP contribution in [0.25, 0.3) is 5.65 Å². The lowest BCUT2D eigenvalue weighted by Crippen LogP contribution is -2.07. The molecule has 22 heavy (non-hydrogen) atoms. The van der Waals surface area contributed by atoms with E-state index in [0.717, 1.165) is 40.8 Å². The summed E-state index contributed by atoms with van der Waals surface area (Å²) in [5.41, 5.74) is 2.81. The van der Waals surface area contributed by atoms with Crippen molar-refractivity contribution >= 4 is 11.5 Å². The summed E-state index contributed by atoms with van der Waals surface area (Å²) in [7, 11) is 3.54. The number of nitrogens with zero attached hydrogens (tertiary/aromatic N) is 6. The van der Waals surface area contributed by atoms with Crippen LogP contribution >= 0.6 is 0 Å². The van der Waals surface area contributed by atoms with Gasteiger partial charge in [-0.3, -0.25) is 0 Å². The number of hydrogen-bond donors (Lipinski definition) is 1. The molecule has 3 aromatic rings. The van der Waals surface area contributed by atoms with Crippen molar-refractivity contribution in [3.63, 3.8) is 0 Å². The molecule has 0 unspecified atom stereocenters. The van der Waals surface area contributed by atoms with Crippen LogP contribution in [-0.2, 0) is 20.0 Å². The van der Waals surface area contributed by atoms with Gasteiger partial charge in [-0.05, 0) is 25.5 Å². The van der Waals surface area contributed by atoms with Crippen molar-refractivity contribution in [1.82, 2.24) is 29.6 Å². The zero-order chi connectivity index (χ0) is 15.7. The SMILES string of the molecule is CCc1nn(C)c(OC)c1CNc1ccc2nnc(C)n2n1. The van der Waals surface area contributed by atoms with Gasteiger partial charge in [0.1, 0.15) is 5.82 Å². The monoisotopic (exact) mass is 301 g/mol. The number of rotatable bonds is 5. The minimum Gasteiger partial charge on any atom is -0.481 e. The third-order valence-electron chi connectivity index (χ3n) is 3.56. The Balaban J connectivity index is 1.86. The molecule has 8 nitrogen and oxygen atoms in total. The molecule has 0 aliphatic rings. The molecule has 3 rings (SSSR count). The Morgan fingerprint density at radius 1 is 1.23 bits per heavy atom. The van der Waals surface area contributed by atoms with Crippen LogP contribution in [0, 0.1) is 6.92 Å². The molecule has 0 atom stereocenters. The number of aryl methyl sites for hydroxylation is 3. The van der Waals surface area contributed by atoms with Crippen LogP contribution in [0.4, 0.5) is 5.82 Å². The van der Waals surface area contributed by atoms with Crippen molar-refractivity contribution in [3.05, 3.63) is 29.2 Å². The fourth-order valence-corrected chi connectivity index (χ4v) is 2.49. The van der Waals surface area contributed by atoms with E-state index in [-0.39, 0.29) is 0 Å². The molecule has 0 radical (unpaired) electrons. The van der Waals surface area contributed by atoms with E-state index in [1.165, 1.54) is 0 Å². The minimum atomic E-state index is 0.597. The Morgan fingerprint density at radius 2 is 2.05 bits per heavy atom. The minimum absolute atomic E-state index is 0.597. The van der Waals surface area contributed by atoms with E-state index < -0.39 is 0 Å². The Morgan fingerprint density at radius 3 is 2.77 bits per heavy atom. The summed E-state index contributed by atoms with van der Waals surface area (Å²) in [6.07, 6.45) is 0.852. The summed E-state index contributed by atoms with van der Waals surface area (Å²) >= 11 is 0. The van der Waals surface area contributed by atoms with Crippen LogP contribution < -0.4 is 10.1 Å². The van der Waals surface area contributed by atoms with E-state index in [0.29, 0.717) is 6.54 Å². The summed E-state index contributed by atoms with van der Waals surface area (Å²) in [5.74, 6) is 2.28. The van der Waals surface area contributed by atoms with E-state index in [1.54, 1.807) is 16.3 Å². The second-order valence-electron chi connectivity index (χ2n) is 5.00. The predicted molar refractivity (Wildman–Crippen MR) is 82.0 cm³/mol. The molecular weight excluding hydrogens is 282 g/mol. The van der Waals surface area contributed by atoms with Gasteiger partial charge < -0.3 is 10.1 Å². The molecule has 0 saturated heterocycles. The number of methoxy groups -OCH3 is 1. The van der Waals surface area contributed by atoms with Crippen LogP contribution in [0.5, 0.6) is 5.88 Å². The quantitative estimate of drug-likeness (QED) is 0.766. The van der Waals surface area contributed by atoms with Gasteiger partial charge >= 0.3 is 0 Å². The van der Waals surface area contributed by atoms with Gasteiger partial charge in [-0.25, -0.2) is 4.68 Å². The number of fused-ring (bicyclic) bond motifs is 1. The molecule has 0 amide bonds. The summed E-state index contributed by atoms with van der Waals surface area (Å²) in [6, 6.07) is 3.77. The fourth-order valence-electron chi connectivity index (χ4n) is 2.49. The Bertz CT molecular complexity index is 805. The molecule has 0 spiro atoms. The lowest BCUT2D eigenvalue weighted by molar-refractivity contribution is 0.369. The molecule has 8 heteroatoms. The molecule has 0 aliphatic heterocycles. The first kappa shape index (κ1) is 14.3. The van der Waals surface area contributed by atoms with Crippen molar-refractivity contribution in [2.45, 2.75) is 26.8 Å². The number of nitrogens with one attached hydrogen (secondary N) is 1. The highest BCUT2D eigenvalue weighted by atomic mass is 16.5. The third kappa shape index (κ3) is 2.36. The summed E-state index contributed by atoms with van der Waals surface area (Å²) < 4.78 is 8.91. The molecule has 0 aromatic carbocycles. The van der Waals surface area contributed by atoms with Gasteiger partial charge in [0.25, 0.3) is 0 Å². The van der Waals surface area contributed by atoms with Crippen molar-refractivity contribution in [1.29, 1.82) is 0 Å². The van der Waals surface area contributed by atoms with Crippen LogP contribution in [0.3, 0.4) is 0 Å². The average Bonchev–Trinajstić information content (AvgIpc) is 3.05. The van der Waals surface area contributed by atoms with E-state index in [2.05, 4.69) is 32.6 Å². The summed E-state index contributed by atoms with van der Waals surface area (Å²) in [6.45, 7) is 4.55. The van der Waals surface area contributed by atoms with Crippen LogP contribution in [0.15, 0.2) is 12.1 Å². The van der Waals surface area contributed by atoms with Gasteiger partial charge in [0.05, 0.1) is 18.4 Å². The molecule has 0 saturated carbocycles. The highest BCUT2D eigenvalue weighted by molar-refractivity contribution is 5.45. The highest BCUT2D eigenvalue weighted by Gasteiger charge is 2.15. The first-order valence-electron chi connectivity index (χ1n) is 7.15. The smallest absolute Gasteiger partial charge is 0.216 e. The number of aromatic nitrogens is 6. The highest BCUT2D eigenvalue weighted by Crippen LogP contribution is 2.23. The molecule has 0 fully saturated rings. The van der Waals surface area contributed by atoms with Crippen molar-refractivity contribution in [3.8, 4) is 5.88 Å². The number of ether oxygens (including phenoxy) is 1. The lowest BCUT2D eigenvalue weighted by atomic mass is 10.2. The van der Waals surface area contributed by atoms with E-state index in [1.807, 2.05) is 26.1 Å². The first-order valence-corrected chi connectivity index (χ1v) is 7.15. The zero-order valence-corrected chi connectivity index (χ0v) is 13.2. The number of hydrogen-bond acceptors (Lipinski definition) is 6. The second kappa shape index (κ2) is 5.63. The molecule has 3 aromatic heterocycles. The Kier molecular flexibility index (Phi) is 3.66. The van der Waals surface area contributed by atoms with Crippen LogP contribution in [0.1, 0.15) is 24.0 Å². The van der Waals surface area contributed by atoms with Crippen molar-refractivity contribution in [2.75, 3.05) is 12.4 Å². The summed E-state index contributed by atoms with van der Waals surface area (Å²) in [5, 5.41) is 20.3. The molecule has 3 heterocycles. The lowest BCUT2D eigenvalue weighted by Gasteiger charge is -2.08. The zero-order valence-electron chi connectivity index (χ0n) is 13.2. The standard InChI is InChI=1S/C14H19N7O/c1-5-11-10(14(22-4)20(3)18-11)8-15-12-6-7-13-17-16-9(2)21(13)19-12/h6-7H,5,8H2,1-4H3,(H,15,19). The predicted octanol–water partition coefficient (Wildman–Crippen LogP) is 1.35. The molecule has 0 aliphatic carbocycles. The van der Waals surface area contributed by atoms with Gasteiger partial charge in [-0.15, -0.1) is 15.3 Å². The van der Waals surface area contributed by atoms with Gasteiger partial charge in [0.2, 0.25) is 5.88 Å². The van der Waals surface area contributed by atoms with Crippen molar-refractivity contribution in [2.24, 2.45) is 7.05 Å². The van der Waals surface area contributed by atoms with Crippen LogP contribution in [0.2, 0.25) is 0 Å². The Labute approximate surface area is 128 Å². The number of anilines is 1. The molecule has 116 valence electrons. The van der Waals surface area contributed by atoms with Gasteiger partial charge in [0.15, 0.2) is 11.5 Å². The van der Waals surface area contributed by atoms with Crippen LogP contribution in [-0.4, -0.2) is 36.7 Å². The largest absolute Gasteiger partial charge is 0.481 e. The molecule has 0 bridgehead atoms. The van der Waals surface area contributed by atoms with Gasteiger partial charge in [-0.1, -0.05) is 6.92 Å². The topological polar surface area (TPSA) is 82.2 Å². The Hall–Kier alpha value is -2.64. The van der Waals surface area contributed by atoms with Crippen molar-refractivity contribution < 1.29 is 4.74 Å². The fraction of sp³-hybridized carbons (Fsp3) is 0.429. The second-order valence-corrected chi connectivity index (χ2v) is 5.00. The van der Waals surface area contributed by atoms with E-state index >= 15 is 0 Å². The first-order chi connectivity index (χ1) is 10.6. The van der Waals surface area contributed by atoms with Gasteiger partial charge in [-0.2, -0.15) is 9.61 Å². The third-order valence-corrected chi connectivity index (χ3v) is 3.56. The maximum Gasteiger partial charge on any atom is 0.216 e. The average molecular weight is 301 g/mol. The molecular formula is C14H19N7O. The maximum absolute atomic E-state index is 5.44. The normalized spacial score (nSPS) is 11.1. The summed E-state index contributed by atoms with van der Waals surface area (Å²) in [4.78, 5) is 0. The maximum atomic E-state index is 5.44.